The third-order valence-corrected chi connectivity index (χ3v) is 5.29. The molecule has 1 aliphatic rings. The first-order valence-electron chi connectivity index (χ1n) is 9.14. The number of carbonyl (C=O) groups is 2. The predicted octanol–water partition coefficient (Wildman–Crippen LogP) is 3.04. The van der Waals surface area contributed by atoms with Gasteiger partial charge in [-0.25, -0.2) is 4.79 Å². The Balaban J connectivity index is 1.52. The molecule has 0 radical (unpaired) electrons. The molecule has 1 heterocycles. The van der Waals surface area contributed by atoms with Crippen LogP contribution < -0.4 is 10.1 Å². The number of methoxy groups -OCH3 is 1. The molecule has 1 aliphatic heterocycles. The molecule has 148 valence electrons. The minimum absolute atomic E-state index is 0.141. The maximum atomic E-state index is 12.2. The standard InChI is InChI=1S/C21H24N2O4S/c1-26-21(25)17-5-3-7-19(13-17)27-15-20(24)22-18-6-2-4-16(12-18)14-23-8-10-28-11-9-23/h2-7,12-13H,8-11,14-15H2,1H3,(H,22,24). The number of nitrogens with zero attached hydrogens (tertiary/aromatic N) is 1. The van der Waals surface area contributed by atoms with Gasteiger partial charge in [0.1, 0.15) is 5.75 Å². The number of thioether (sulfide) groups is 1. The summed E-state index contributed by atoms with van der Waals surface area (Å²) in [6, 6.07) is 14.4. The third kappa shape index (κ3) is 6.00. The molecule has 0 atom stereocenters. The Morgan fingerprint density at radius 2 is 1.89 bits per heavy atom. The number of carbonyl (C=O) groups excluding carboxylic acids is 2. The smallest absolute Gasteiger partial charge is 0.337 e. The molecule has 0 spiro atoms. The van der Waals surface area contributed by atoms with Crippen molar-refractivity contribution >= 4 is 29.3 Å². The van der Waals surface area contributed by atoms with Gasteiger partial charge in [-0.15, -0.1) is 0 Å². The van der Waals surface area contributed by atoms with E-state index in [-0.39, 0.29) is 12.5 Å². The Kier molecular flexibility index (Phi) is 7.33. The van der Waals surface area contributed by atoms with Crippen LogP contribution >= 0.6 is 11.8 Å². The van der Waals surface area contributed by atoms with Crippen LogP contribution in [0.1, 0.15) is 15.9 Å². The Bertz CT molecular complexity index is 822. The number of rotatable bonds is 7. The summed E-state index contributed by atoms with van der Waals surface area (Å²) in [5.41, 5.74) is 2.31. The van der Waals surface area contributed by atoms with Crippen LogP contribution in [0.3, 0.4) is 0 Å². The zero-order valence-corrected chi connectivity index (χ0v) is 16.7. The topological polar surface area (TPSA) is 67.9 Å². The molecule has 1 fully saturated rings. The highest BCUT2D eigenvalue weighted by molar-refractivity contribution is 7.99. The number of hydrogen-bond acceptors (Lipinski definition) is 6. The van der Waals surface area contributed by atoms with Crippen LogP contribution in [0.4, 0.5) is 5.69 Å². The van der Waals surface area contributed by atoms with Gasteiger partial charge in [-0.05, 0) is 35.9 Å². The summed E-state index contributed by atoms with van der Waals surface area (Å²) in [4.78, 5) is 26.2. The summed E-state index contributed by atoms with van der Waals surface area (Å²) in [7, 11) is 1.32. The van der Waals surface area contributed by atoms with Crippen molar-refractivity contribution in [3.63, 3.8) is 0 Å². The van der Waals surface area contributed by atoms with E-state index in [1.165, 1.54) is 24.2 Å². The van der Waals surface area contributed by atoms with E-state index in [1.807, 2.05) is 30.0 Å². The third-order valence-electron chi connectivity index (χ3n) is 4.35. The molecular weight excluding hydrogens is 376 g/mol. The van der Waals surface area contributed by atoms with Crippen LogP contribution in [-0.2, 0) is 16.1 Å². The maximum absolute atomic E-state index is 12.2. The summed E-state index contributed by atoms with van der Waals surface area (Å²) in [5.74, 6) is 2.08. The first-order chi connectivity index (χ1) is 13.6. The monoisotopic (exact) mass is 400 g/mol. The maximum Gasteiger partial charge on any atom is 0.337 e. The summed E-state index contributed by atoms with van der Waals surface area (Å²) in [6.07, 6.45) is 0. The fraction of sp³-hybridized carbons (Fsp3) is 0.333. The molecule has 0 bridgehead atoms. The van der Waals surface area contributed by atoms with E-state index in [0.717, 1.165) is 25.3 Å². The fourth-order valence-corrected chi connectivity index (χ4v) is 3.92. The van der Waals surface area contributed by atoms with Crippen LogP contribution in [0.25, 0.3) is 0 Å². The van der Waals surface area contributed by atoms with Crippen molar-refractivity contribution in [1.82, 2.24) is 4.90 Å². The van der Waals surface area contributed by atoms with Crippen molar-refractivity contribution in [3.05, 3.63) is 59.7 Å². The van der Waals surface area contributed by atoms with E-state index in [0.29, 0.717) is 11.3 Å². The van der Waals surface area contributed by atoms with Gasteiger partial charge in [-0.2, -0.15) is 11.8 Å². The normalized spacial score (nSPS) is 14.3. The second-order valence-electron chi connectivity index (χ2n) is 6.45. The van der Waals surface area contributed by atoms with Gasteiger partial charge in [0, 0.05) is 36.8 Å². The summed E-state index contributed by atoms with van der Waals surface area (Å²) >= 11 is 1.99. The van der Waals surface area contributed by atoms with E-state index < -0.39 is 5.97 Å². The molecule has 0 saturated carbocycles. The Labute approximate surface area is 169 Å². The summed E-state index contributed by atoms with van der Waals surface area (Å²) in [5, 5.41) is 2.86. The minimum atomic E-state index is -0.445. The summed E-state index contributed by atoms with van der Waals surface area (Å²) in [6.45, 7) is 2.94. The van der Waals surface area contributed by atoms with E-state index >= 15 is 0 Å². The van der Waals surface area contributed by atoms with Gasteiger partial charge in [-0.1, -0.05) is 18.2 Å². The number of esters is 1. The minimum Gasteiger partial charge on any atom is -0.484 e. The number of amides is 1. The van der Waals surface area contributed by atoms with E-state index in [4.69, 9.17) is 4.74 Å². The van der Waals surface area contributed by atoms with Gasteiger partial charge >= 0.3 is 5.97 Å². The molecule has 1 saturated heterocycles. The Morgan fingerprint density at radius 1 is 1.11 bits per heavy atom. The SMILES string of the molecule is COC(=O)c1cccc(OCC(=O)Nc2cccc(CN3CCSCC3)c2)c1. The summed E-state index contributed by atoms with van der Waals surface area (Å²) < 4.78 is 10.2. The van der Waals surface area contributed by atoms with Gasteiger partial charge in [-0.3, -0.25) is 9.69 Å². The van der Waals surface area contributed by atoms with Gasteiger partial charge in [0.25, 0.3) is 5.91 Å². The Morgan fingerprint density at radius 3 is 2.68 bits per heavy atom. The Hall–Kier alpha value is -2.51. The van der Waals surface area contributed by atoms with Crippen molar-refractivity contribution < 1.29 is 19.1 Å². The van der Waals surface area contributed by atoms with Crippen LogP contribution in [-0.4, -0.2) is 55.1 Å². The molecule has 3 rings (SSSR count). The molecule has 2 aromatic rings. The highest BCUT2D eigenvalue weighted by Crippen LogP contribution is 2.17. The highest BCUT2D eigenvalue weighted by Gasteiger charge is 2.12. The molecule has 1 amide bonds. The van der Waals surface area contributed by atoms with E-state index in [1.54, 1.807) is 24.3 Å². The fourth-order valence-electron chi connectivity index (χ4n) is 2.94. The number of benzene rings is 2. The average Bonchev–Trinajstić information content (AvgIpc) is 2.73. The molecule has 0 aromatic heterocycles. The number of anilines is 1. The average molecular weight is 401 g/mol. The second-order valence-corrected chi connectivity index (χ2v) is 7.67. The lowest BCUT2D eigenvalue weighted by atomic mass is 10.2. The lowest BCUT2D eigenvalue weighted by molar-refractivity contribution is -0.118. The van der Waals surface area contributed by atoms with Crippen LogP contribution in [0.5, 0.6) is 5.75 Å². The van der Waals surface area contributed by atoms with Gasteiger partial charge in [0.2, 0.25) is 0 Å². The molecule has 1 N–H and O–H groups in total. The van der Waals surface area contributed by atoms with Crippen LogP contribution in [0, 0.1) is 0 Å². The van der Waals surface area contributed by atoms with Crippen molar-refractivity contribution in [2.45, 2.75) is 6.54 Å². The first-order valence-corrected chi connectivity index (χ1v) is 10.3. The lowest BCUT2D eigenvalue weighted by Crippen LogP contribution is -2.32. The molecule has 6 nitrogen and oxygen atoms in total. The molecular formula is C21H24N2O4S. The predicted molar refractivity (Wildman–Crippen MR) is 111 cm³/mol. The zero-order chi connectivity index (χ0) is 19.8. The first kappa shape index (κ1) is 20.2. The van der Waals surface area contributed by atoms with Gasteiger partial charge in [0.05, 0.1) is 12.7 Å². The largest absolute Gasteiger partial charge is 0.484 e. The van der Waals surface area contributed by atoms with Crippen LogP contribution in [0.2, 0.25) is 0 Å². The van der Waals surface area contributed by atoms with Crippen molar-refractivity contribution in [2.24, 2.45) is 0 Å². The van der Waals surface area contributed by atoms with Crippen LogP contribution in [0.15, 0.2) is 48.5 Å². The zero-order valence-electron chi connectivity index (χ0n) is 15.8. The van der Waals surface area contributed by atoms with E-state index in [2.05, 4.69) is 21.0 Å². The quantitative estimate of drug-likeness (QED) is 0.721. The van der Waals surface area contributed by atoms with Crippen molar-refractivity contribution in [3.8, 4) is 5.75 Å². The molecule has 7 heteroatoms. The number of ether oxygens (including phenoxy) is 2. The molecule has 0 unspecified atom stereocenters. The van der Waals surface area contributed by atoms with Crippen molar-refractivity contribution in [2.75, 3.05) is 43.6 Å². The number of hydrogen-bond donors (Lipinski definition) is 1. The lowest BCUT2D eigenvalue weighted by Gasteiger charge is -2.26. The van der Waals surface area contributed by atoms with E-state index in [9.17, 15) is 9.59 Å². The molecule has 2 aromatic carbocycles. The highest BCUT2D eigenvalue weighted by atomic mass is 32.2. The molecule has 28 heavy (non-hydrogen) atoms. The molecule has 0 aliphatic carbocycles. The van der Waals surface area contributed by atoms with Gasteiger partial charge < -0.3 is 14.8 Å². The van der Waals surface area contributed by atoms with Crippen molar-refractivity contribution in [1.29, 1.82) is 0 Å². The second kappa shape index (κ2) is 10.1. The number of nitrogens with one attached hydrogen (secondary N) is 1. The van der Waals surface area contributed by atoms with Gasteiger partial charge in [0.15, 0.2) is 6.61 Å².